The molecular weight excluding hydrogens is 457 g/mol. The third-order valence-corrected chi connectivity index (χ3v) is 3.47. The van der Waals surface area contributed by atoms with Crippen LogP contribution in [0.5, 0.6) is 0 Å². The standard InChI is InChI=1S/C19H33N5O2.HI/c1-19(2,3)26-18(25)23-14-13-22-17(20-4)21-12-9-15-24(5)16-10-7-6-8-11-16;/h6-8,10-11H,9,12-15H2,1-5H3,(H,23,25)(H2,20,21,22);1H. The van der Waals surface area contributed by atoms with E-state index in [-0.39, 0.29) is 24.0 Å². The van der Waals surface area contributed by atoms with E-state index in [1.165, 1.54) is 5.69 Å². The second-order valence-corrected chi connectivity index (χ2v) is 6.97. The lowest BCUT2D eigenvalue weighted by Crippen LogP contribution is -2.43. The topological polar surface area (TPSA) is 78.0 Å². The maximum atomic E-state index is 11.6. The molecule has 0 aliphatic carbocycles. The van der Waals surface area contributed by atoms with Gasteiger partial charge in [-0.2, -0.15) is 0 Å². The molecule has 0 aliphatic rings. The molecular formula is C19H34IN5O2. The first kappa shape index (κ1) is 25.3. The van der Waals surface area contributed by atoms with E-state index in [0.29, 0.717) is 13.1 Å². The molecule has 1 rings (SSSR count). The zero-order valence-electron chi connectivity index (χ0n) is 17.0. The molecule has 154 valence electrons. The van der Waals surface area contributed by atoms with Crippen molar-refractivity contribution in [2.75, 3.05) is 45.2 Å². The summed E-state index contributed by atoms with van der Waals surface area (Å²) in [5, 5.41) is 9.14. The van der Waals surface area contributed by atoms with Crippen molar-refractivity contribution in [1.29, 1.82) is 0 Å². The number of carbonyl (C=O) groups excluding carboxylic acids is 1. The van der Waals surface area contributed by atoms with Gasteiger partial charge in [-0.05, 0) is 39.3 Å². The van der Waals surface area contributed by atoms with Crippen LogP contribution in [0, 0.1) is 0 Å². The summed E-state index contributed by atoms with van der Waals surface area (Å²) in [7, 11) is 3.82. The number of aliphatic imine (C=N–C) groups is 1. The Morgan fingerprint density at radius 3 is 2.26 bits per heavy atom. The molecule has 0 bridgehead atoms. The second kappa shape index (κ2) is 13.5. The third-order valence-electron chi connectivity index (χ3n) is 3.47. The first-order chi connectivity index (χ1) is 12.3. The summed E-state index contributed by atoms with van der Waals surface area (Å²) in [6.07, 6.45) is 0.577. The van der Waals surface area contributed by atoms with Crippen molar-refractivity contribution in [3.8, 4) is 0 Å². The van der Waals surface area contributed by atoms with Crippen LogP contribution in [0.3, 0.4) is 0 Å². The molecule has 27 heavy (non-hydrogen) atoms. The number of anilines is 1. The molecule has 0 aromatic heterocycles. The fraction of sp³-hybridized carbons (Fsp3) is 0.579. The number of para-hydroxylation sites is 1. The summed E-state index contributed by atoms with van der Waals surface area (Å²) in [5.41, 5.74) is 0.727. The number of hydrogen-bond donors (Lipinski definition) is 3. The average Bonchev–Trinajstić information content (AvgIpc) is 2.59. The Labute approximate surface area is 180 Å². The van der Waals surface area contributed by atoms with Crippen LogP contribution in [0.15, 0.2) is 35.3 Å². The highest BCUT2D eigenvalue weighted by Crippen LogP contribution is 2.10. The molecule has 0 radical (unpaired) electrons. The Morgan fingerprint density at radius 2 is 1.67 bits per heavy atom. The lowest BCUT2D eigenvalue weighted by molar-refractivity contribution is 0.0529. The maximum absolute atomic E-state index is 11.6. The number of nitrogens with zero attached hydrogens (tertiary/aromatic N) is 2. The predicted octanol–water partition coefficient (Wildman–Crippen LogP) is 2.82. The molecule has 0 unspecified atom stereocenters. The highest BCUT2D eigenvalue weighted by molar-refractivity contribution is 14.0. The molecule has 0 saturated carbocycles. The Bertz CT molecular complexity index is 561. The highest BCUT2D eigenvalue weighted by atomic mass is 127. The number of hydrogen-bond acceptors (Lipinski definition) is 4. The van der Waals surface area contributed by atoms with E-state index in [0.717, 1.165) is 25.5 Å². The first-order valence-electron chi connectivity index (χ1n) is 8.99. The van der Waals surface area contributed by atoms with Crippen molar-refractivity contribution in [2.24, 2.45) is 4.99 Å². The van der Waals surface area contributed by atoms with E-state index in [1.807, 2.05) is 39.0 Å². The summed E-state index contributed by atoms with van der Waals surface area (Å²) >= 11 is 0. The van der Waals surface area contributed by atoms with Gasteiger partial charge in [-0.1, -0.05) is 18.2 Å². The van der Waals surface area contributed by atoms with Gasteiger partial charge in [0.15, 0.2) is 5.96 Å². The van der Waals surface area contributed by atoms with Gasteiger partial charge in [0.05, 0.1) is 0 Å². The van der Waals surface area contributed by atoms with E-state index in [4.69, 9.17) is 4.74 Å². The van der Waals surface area contributed by atoms with Crippen molar-refractivity contribution in [1.82, 2.24) is 16.0 Å². The number of alkyl carbamates (subject to hydrolysis) is 1. The van der Waals surface area contributed by atoms with Crippen LogP contribution in [0.4, 0.5) is 10.5 Å². The number of benzene rings is 1. The largest absolute Gasteiger partial charge is 0.444 e. The lowest BCUT2D eigenvalue weighted by Gasteiger charge is -2.20. The van der Waals surface area contributed by atoms with Gasteiger partial charge in [0.25, 0.3) is 0 Å². The fourth-order valence-electron chi connectivity index (χ4n) is 2.21. The number of halogens is 1. The Hall–Kier alpha value is -1.71. The highest BCUT2D eigenvalue weighted by Gasteiger charge is 2.15. The predicted molar refractivity (Wildman–Crippen MR) is 123 cm³/mol. The van der Waals surface area contributed by atoms with E-state index >= 15 is 0 Å². The fourth-order valence-corrected chi connectivity index (χ4v) is 2.21. The first-order valence-corrected chi connectivity index (χ1v) is 8.99. The Morgan fingerprint density at radius 1 is 1.07 bits per heavy atom. The van der Waals surface area contributed by atoms with Crippen molar-refractivity contribution < 1.29 is 9.53 Å². The number of rotatable bonds is 8. The molecule has 1 amide bonds. The van der Waals surface area contributed by atoms with Gasteiger partial charge < -0.3 is 25.6 Å². The third kappa shape index (κ3) is 12.3. The van der Waals surface area contributed by atoms with Crippen LogP contribution in [0.25, 0.3) is 0 Å². The van der Waals surface area contributed by atoms with Crippen LogP contribution in [0.2, 0.25) is 0 Å². The van der Waals surface area contributed by atoms with Gasteiger partial charge in [0.1, 0.15) is 5.60 Å². The van der Waals surface area contributed by atoms with Gasteiger partial charge in [0.2, 0.25) is 0 Å². The minimum Gasteiger partial charge on any atom is -0.444 e. The average molecular weight is 491 g/mol. The zero-order valence-corrected chi connectivity index (χ0v) is 19.4. The summed E-state index contributed by atoms with van der Waals surface area (Å²) < 4.78 is 5.18. The second-order valence-electron chi connectivity index (χ2n) is 6.97. The zero-order chi connectivity index (χ0) is 19.4. The van der Waals surface area contributed by atoms with Crippen molar-refractivity contribution in [3.63, 3.8) is 0 Å². The smallest absolute Gasteiger partial charge is 0.407 e. The van der Waals surface area contributed by atoms with Gasteiger partial charge >= 0.3 is 6.09 Å². The van der Waals surface area contributed by atoms with Crippen LogP contribution >= 0.6 is 24.0 Å². The number of guanidine groups is 1. The number of ether oxygens (including phenoxy) is 1. The van der Waals surface area contributed by atoms with Gasteiger partial charge in [-0.25, -0.2) is 4.79 Å². The SMILES string of the molecule is CN=C(NCCCN(C)c1ccccc1)NCCNC(=O)OC(C)(C)C.I. The van der Waals surface area contributed by atoms with Crippen LogP contribution in [0.1, 0.15) is 27.2 Å². The van der Waals surface area contributed by atoms with Crippen molar-refractivity contribution >= 4 is 41.7 Å². The molecule has 0 heterocycles. The summed E-state index contributed by atoms with van der Waals surface area (Å²) in [6, 6.07) is 10.3. The monoisotopic (exact) mass is 491 g/mol. The summed E-state index contributed by atoms with van der Waals surface area (Å²) in [6.45, 7) is 8.32. The summed E-state index contributed by atoms with van der Waals surface area (Å²) in [4.78, 5) is 18.0. The van der Waals surface area contributed by atoms with E-state index in [1.54, 1.807) is 7.05 Å². The van der Waals surface area contributed by atoms with Crippen LogP contribution in [-0.2, 0) is 4.74 Å². The van der Waals surface area contributed by atoms with Crippen LogP contribution in [-0.4, -0.2) is 57.9 Å². The van der Waals surface area contributed by atoms with Crippen molar-refractivity contribution in [2.45, 2.75) is 32.8 Å². The molecule has 0 atom stereocenters. The lowest BCUT2D eigenvalue weighted by atomic mass is 10.2. The molecule has 0 saturated heterocycles. The normalized spacial score (nSPS) is 11.2. The molecule has 8 heteroatoms. The molecule has 7 nitrogen and oxygen atoms in total. The van der Waals surface area contributed by atoms with E-state index in [2.05, 4.69) is 45.0 Å². The Balaban J connectivity index is 0.00000676. The number of nitrogens with one attached hydrogen (secondary N) is 3. The van der Waals surface area contributed by atoms with Gasteiger partial charge in [-0.3, -0.25) is 4.99 Å². The van der Waals surface area contributed by atoms with Crippen LogP contribution < -0.4 is 20.9 Å². The van der Waals surface area contributed by atoms with E-state index < -0.39 is 11.7 Å². The quantitative estimate of drug-likeness (QED) is 0.226. The minimum atomic E-state index is -0.484. The number of carbonyl (C=O) groups is 1. The van der Waals surface area contributed by atoms with Gasteiger partial charge in [0, 0.05) is 46.0 Å². The maximum Gasteiger partial charge on any atom is 0.407 e. The molecule has 0 fully saturated rings. The Kier molecular flexibility index (Phi) is 12.6. The molecule has 3 N–H and O–H groups in total. The van der Waals surface area contributed by atoms with E-state index in [9.17, 15) is 4.79 Å². The molecule has 1 aromatic carbocycles. The van der Waals surface area contributed by atoms with Crippen molar-refractivity contribution in [3.05, 3.63) is 30.3 Å². The molecule has 1 aromatic rings. The minimum absolute atomic E-state index is 0. The summed E-state index contributed by atoms with van der Waals surface area (Å²) in [5.74, 6) is 0.721. The number of amides is 1. The van der Waals surface area contributed by atoms with Gasteiger partial charge in [-0.15, -0.1) is 24.0 Å². The molecule has 0 aliphatic heterocycles. The molecule has 0 spiro atoms.